The molecule has 0 aromatic carbocycles. The summed E-state index contributed by atoms with van der Waals surface area (Å²) in [6.45, 7) is 12.3. The Hall–Kier alpha value is -0.860. The summed E-state index contributed by atoms with van der Waals surface area (Å²) in [6.07, 6.45) is 2.62. The number of amides is 1. The van der Waals surface area contributed by atoms with Gasteiger partial charge >= 0.3 is 0 Å². The van der Waals surface area contributed by atoms with Gasteiger partial charge in [-0.15, -0.1) is 0 Å². The lowest BCUT2D eigenvalue weighted by atomic mass is 9.77. The Kier molecular flexibility index (Phi) is 2.94. The van der Waals surface area contributed by atoms with Crippen LogP contribution < -0.4 is 0 Å². The van der Waals surface area contributed by atoms with Gasteiger partial charge in [-0.25, -0.2) is 5.01 Å². The molecular formula is C12H22N2O. The van der Waals surface area contributed by atoms with Gasteiger partial charge in [-0.2, -0.15) is 5.10 Å². The Bertz CT molecular complexity index is 281. The van der Waals surface area contributed by atoms with E-state index in [0.717, 1.165) is 6.42 Å². The van der Waals surface area contributed by atoms with Gasteiger partial charge < -0.3 is 0 Å². The quantitative estimate of drug-likeness (QED) is 0.605. The van der Waals surface area contributed by atoms with Crippen molar-refractivity contribution < 1.29 is 4.79 Å². The fourth-order valence-corrected chi connectivity index (χ4v) is 1.77. The molecule has 0 spiro atoms. The number of rotatable bonds is 0. The molecule has 1 atom stereocenters. The lowest BCUT2D eigenvalue weighted by molar-refractivity contribution is -0.144. The van der Waals surface area contributed by atoms with Crippen LogP contribution in [-0.4, -0.2) is 22.7 Å². The van der Waals surface area contributed by atoms with Crippen molar-refractivity contribution in [2.24, 2.45) is 16.4 Å². The number of nitrogens with zero attached hydrogens (tertiary/aromatic N) is 2. The maximum Gasteiger partial charge on any atom is 0.247 e. The lowest BCUT2D eigenvalue weighted by Crippen LogP contribution is -2.49. The maximum atomic E-state index is 12.2. The van der Waals surface area contributed by atoms with Crippen molar-refractivity contribution in [3.63, 3.8) is 0 Å². The predicted molar refractivity (Wildman–Crippen MR) is 62.7 cm³/mol. The SMILES string of the molecule is CC(C)(C)C1CC=NN(C(C)(C)C)C1=O. The molecule has 3 nitrogen and oxygen atoms in total. The van der Waals surface area contributed by atoms with E-state index >= 15 is 0 Å². The average Bonchev–Trinajstić information content (AvgIpc) is 1.99. The van der Waals surface area contributed by atoms with E-state index in [1.54, 1.807) is 5.01 Å². The number of hydrogen-bond acceptors (Lipinski definition) is 2. The monoisotopic (exact) mass is 210 g/mol. The molecule has 0 aromatic rings. The minimum absolute atomic E-state index is 0.00697. The molecule has 0 saturated heterocycles. The van der Waals surface area contributed by atoms with Crippen LogP contribution in [0.3, 0.4) is 0 Å². The first-order chi connectivity index (χ1) is 6.64. The van der Waals surface area contributed by atoms with Gasteiger partial charge in [0, 0.05) is 12.1 Å². The highest BCUT2D eigenvalue weighted by molar-refractivity contribution is 5.85. The zero-order valence-electron chi connectivity index (χ0n) is 10.7. The predicted octanol–water partition coefficient (Wildman–Crippen LogP) is 2.67. The van der Waals surface area contributed by atoms with Crippen LogP contribution in [0.2, 0.25) is 0 Å². The van der Waals surface area contributed by atoms with Crippen LogP contribution in [0, 0.1) is 11.3 Å². The summed E-state index contributed by atoms with van der Waals surface area (Å²) in [6, 6.07) is 0. The summed E-state index contributed by atoms with van der Waals surface area (Å²) >= 11 is 0. The van der Waals surface area contributed by atoms with Gasteiger partial charge in [-0.3, -0.25) is 4.79 Å². The van der Waals surface area contributed by atoms with Crippen LogP contribution in [0.5, 0.6) is 0 Å². The molecule has 1 aliphatic rings. The molecule has 15 heavy (non-hydrogen) atoms. The first kappa shape index (κ1) is 12.2. The smallest absolute Gasteiger partial charge is 0.247 e. The summed E-state index contributed by atoms with van der Waals surface area (Å²) < 4.78 is 0. The fraction of sp³-hybridized carbons (Fsp3) is 0.833. The third kappa shape index (κ3) is 2.58. The second kappa shape index (κ2) is 3.62. The molecule has 0 N–H and O–H groups in total. The molecule has 86 valence electrons. The molecule has 0 bridgehead atoms. The summed E-state index contributed by atoms with van der Waals surface area (Å²) in [5, 5.41) is 5.82. The van der Waals surface area contributed by atoms with E-state index in [2.05, 4.69) is 25.9 Å². The standard InChI is InChI=1S/C12H22N2O/c1-11(2,3)9-7-8-13-14(10(9)15)12(4,5)6/h8-9H,7H2,1-6H3. The molecular weight excluding hydrogens is 188 g/mol. The third-order valence-electron chi connectivity index (χ3n) is 2.73. The molecule has 1 amide bonds. The summed E-state index contributed by atoms with van der Waals surface area (Å²) in [4.78, 5) is 12.2. The third-order valence-corrected chi connectivity index (χ3v) is 2.73. The topological polar surface area (TPSA) is 32.7 Å². The number of carbonyl (C=O) groups is 1. The molecule has 0 aliphatic carbocycles. The first-order valence-corrected chi connectivity index (χ1v) is 5.50. The molecule has 0 saturated carbocycles. The molecule has 1 aliphatic heterocycles. The Morgan fingerprint density at radius 1 is 1.27 bits per heavy atom. The molecule has 3 heteroatoms. The number of hydrogen-bond donors (Lipinski definition) is 0. The van der Waals surface area contributed by atoms with E-state index < -0.39 is 0 Å². The zero-order chi connectivity index (χ0) is 11.9. The Labute approximate surface area is 92.5 Å². The number of carbonyl (C=O) groups excluding carboxylic acids is 1. The van der Waals surface area contributed by atoms with Crippen LogP contribution in [0.15, 0.2) is 5.10 Å². The van der Waals surface area contributed by atoms with Crippen molar-refractivity contribution in [2.45, 2.75) is 53.5 Å². The van der Waals surface area contributed by atoms with Crippen LogP contribution >= 0.6 is 0 Å². The average molecular weight is 210 g/mol. The Morgan fingerprint density at radius 3 is 2.20 bits per heavy atom. The van der Waals surface area contributed by atoms with Crippen molar-refractivity contribution in [3.8, 4) is 0 Å². The molecule has 1 heterocycles. The molecule has 0 radical (unpaired) electrons. The number of hydrazone groups is 1. The lowest BCUT2D eigenvalue weighted by Gasteiger charge is -2.40. The van der Waals surface area contributed by atoms with Gasteiger partial charge in [0.1, 0.15) is 0 Å². The molecule has 0 aromatic heterocycles. The highest BCUT2D eigenvalue weighted by Crippen LogP contribution is 2.34. The molecule has 1 unspecified atom stereocenters. The zero-order valence-corrected chi connectivity index (χ0v) is 10.7. The largest absolute Gasteiger partial charge is 0.273 e. The summed E-state index contributed by atoms with van der Waals surface area (Å²) in [7, 11) is 0. The van der Waals surface area contributed by atoms with Crippen molar-refractivity contribution >= 4 is 12.1 Å². The minimum Gasteiger partial charge on any atom is -0.273 e. The second-order valence-corrected chi connectivity index (χ2v) is 6.27. The second-order valence-electron chi connectivity index (χ2n) is 6.27. The van der Waals surface area contributed by atoms with Gasteiger partial charge in [-0.1, -0.05) is 20.8 Å². The fourth-order valence-electron chi connectivity index (χ4n) is 1.77. The highest BCUT2D eigenvalue weighted by atomic mass is 16.2. The summed E-state index contributed by atoms with van der Waals surface area (Å²) in [5.74, 6) is 0.201. The van der Waals surface area contributed by atoms with Crippen LogP contribution in [0.1, 0.15) is 48.0 Å². The minimum atomic E-state index is -0.225. The van der Waals surface area contributed by atoms with E-state index in [1.807, 2.05) is 27.0 Å². The molecule has 0 fully saturated rings. The normalized spacial score (nSPS) is 23.5. The van der Waals surface area contributed by atoms with Crippen molar-refractivity contribution in [2.75, 3.05) is 0 Å². The van der Waals surface area contributed by atoms with E-state index in [0.29, 0.717) is 0 Å². The van der Waals surface area contributed by atoms with Gasteiger partial charge in [0.05, 0.1) is 5.54 Å². The van der Waals surface area contributed by atoms with Crippen molar-refractivity contribution in [1.29, 1.82) is 0 Å². The van der Waals surface area contributed by atoms with Gasteiger partial charge in [0.15, 0.2) is 0 Å². The van der Waals surface area contributed by atoms with E-state index in [1.165, 1.54) is 0 Å². The van der Waals surface area contributed by atoms with Crippen LogP contribution in [0.4, 0.5) is 0 Å². The van der Waals surface area contributed by atoms with Gasteiger partial charge in [0.2, 0.25) is 5.91 Å². The Balaban J connectivity index is 2.95. The van der Waals surface area contributed by atoms with Crippen LogP contribution in [-0.2, 0) is 4.79 Å². The van der Waals surface area contributed by atoms with Crippen molar-refractivity contribution in [1.82, 2.24) is 5.01 Å². The van der Waals surface area contributed by atoms with E-state index in [-0.39, 0.29) is 22.8 Å². The van der Waals surface area contributed by atoms with E-state index in [9.17, 15) is 4.79 Å². The summed E-state index contributed by atoms with van der Waals surface area (Å²) in [5.41, 5.74) is -0.218. The van der Waals surface area contributed by atoms with Crippen molar-refractivity contribution in [3.05, 3.63) is 0 Å². The van der Waals surface area contributed by atoms with Gasteiger partial charge in [0.25, 0.3) is 0 Å². The Morgan fingerprint density at radius 2 is 1.80 bits per heavy atom. The first-order valence-electron chi connectivity index (χ1n) is 5.50. The highest BCUT2D eigenvalue weighted by Gasteiger charge is 2.39. The molecule has 1 rings (SSSR count). The van der Waals surface area contributed by atoms with E-state index in [4.69, 9.17) is 0 Å². The van der Waals surface area contributed by atoms with Crippen LogP contribution in [0.25, 0.3) is 0 Å². The van der Waals surface area contributed by atoms with Gasteiger partial charge in [-0.05, 0) is 32.6 Å². The maximum absolute atomic E-state index is 12.2.